The SMILES string of the molecule is CCCc1cc(Cc2ccco2)ccc1O. The Morgan fingerprint density at radius 1 is 1.25 bits per heavy atom. The zero-order chi connectivity index (χ0) is 11.4. The zero-order valence-corrected chi connectivity index (χ0v) is 9.44. The number of phenols is 1. The van der Waals surface area contributed by atoms with Gasteiger partial charge in [0.15, 0.2) is 0 Å². The van der Waals surface area contributed by atoms with Crippen LogP contribution in [0.5, 0.6) is 5.75 Å². The van der Waals surface area contributed by atoms with Crippen LogP contribution in [-0.2, 0) is 12.8 Å². The molecule has 2 rings (SSSR count). The first-order valence-electron chi connectivity index (χ1n) is 5.62. The van der Waals surface area contributed by atoms with Gasteiger partial charge in [0.25, 0.3) is 0 Å². The zero-order valence-electron chi connectivity index (χ0n) is 9.44. The number of hydrogen-bond donors (Lipinski definition) is 1. The Balaban J connectivity index is 2.19. The van der Waals surface area contributed by atoms with E-state index in [1.54, 1.807) is 12.3 Å². The van der Waals surface area contributed by atoms with Crippen molar-refractivity contribution in [2.75, 3.05) is 0 Å². The van der Waals surface area contributed by atoms with Gasteiger partial charge in [-0.25, -0.2) is 0 Å². The topological polar surface area (TPSA) is 33.4 Å². The minimum Gasteiger partial charge on any atom is -0.508 e. The van der Waals surface area contributed by atoms with Crippen molar-refractivity contribution in [1.82, 2.24) is 0 Å². The molecule has 0 radical (unpaired) electrons. The molecule has 0 aliphatic rings. The number of aryl methyl sites for hydroxylation is 1. The van der Waals surface area contributed by atoms with E-state index in [4.69, 9.17) is 4.42 Å². The van der Waals surface area contributed by atoms with E-state index >= 15 is 0 Å². The van der Waals surface area contributed by atoms with Crippen molar-refractivity contribution in [2.45, 2.75) is 26.2 Å². The largest absolute Gasteiger partial charge is 0.508 e. The smallest absolute Gasteiger partial charge is 0.118 e. The highest BCUT2D eigenvalue weighted by Gasteiger charge is 2.04. The second-order valence-electron chi connectivity index (χ2n) is 3.97. The molecule has 0 aliphatic heterocycles. The first kappa shape index (κ1) is 10.8. The standard InChI is InChI=1S/C14H16O2/c1-2-4-12-9-11(6-7-14(12)15)10-13-5-3-8-16-13/h3,5-9,15H,2,4,10H2,1H3. The Hall–Kier alpha value is -1.70. The van der Waals surface area contributed by atoms with Gasteiger partial charge in [0, 0.05) is 6.42 Å². The van der Waals surface area contributed by atoms with Crippen LogP contribution in [-0.4, -0.2) is 5.11 Å². The van der Waals surface area contributed by atoms with Gasteiger partial charge < -0.3 is 9.52 Å². The minimum atomic E-state index is 0.394. The summed E-state index contributed by atoms with van der Waals surface area (Å²) in [4.78, 5) is 0. The number of hydrogen-bond acceptors (Lipinski definition) is 2. The van der Waals surface area contributed by atoms with Gasteiger partial charge in [0.1, 0.15) is 11.5 Å². The molecule has 1 aromatic carbocycles. The molecule has 0 saturated carbocycles. The monoisotopic (exact) mass is 216 g/mol. The summed E-state index contributed by atoms with van der Waals surface area (Å²) in [5, 5.41) is 9.67. The molecule has 1 aromatic heterocycles. The van der Waals surface area contributed by atoms with E-state index < -0.39 is 0 Å². The van der Waals surface area contributed by atoms with Gasteiger partial charge in [-0.1, -0.05) is 25.5 Å². The molecule has 84 valence electrons. The van der Waals surface area contributed by atoms with E-state index in [0.717, 1.165) is 30.6 Å². The Morgan fingerprint density at radius 2 is 2.12 bits per heavy atom. The molecular formula is C14H16O2. The summed E-state index contributed by atoms with van der Waals surface area (Å²) in [6, 6.07) is 9.62. The molecule has 16 heavy (non-hydrogen) atoms. The van der Waals surface area contributed by atoms with Crippen LogP contribution in [0.1, 0.15) is 30.2 Å². The normalized spacial score (nSPS) is 10.6. The third-order valence-electron chi connectivity index (χ3n) is 2.62. The highest BCUT2D eigenvalue weighted by molar-refractivity contribution is 5.37. The van der Waals surface area contributed by atoms with E-state index in [9.17, 15) is 5.11 Å². The number of rotatable bonds is 4. The van der Waals surface area contributed by atoms with Crippen LogP contribution >= 0.6 is 0 Å². The first-order chi connectivity index (χ1) is 7.79. The Bertz CT molecular complexity index is 444. The van der Waals surface area contributed by atoms with Gasteiger partial charge in [-0.15, -0.1) is 0 Å². The third-order valence-corrected chi connectivity index (χ3v) is 2.62. The Morgan fingerprint density at radius 3 is 2.81 bits per heavy atom. The lowest BCUT2D eigenvalue weighted by Gasteiger charge is -2.05. The van der Waals surface area contributed by atoms with Crippen LogP contribution < -0.4 is 0 Å². The number of furan rings is 1. The fourth-order valence-corrected chi connectivity index (χ4v) is 1.83. The average Bonchev–Trinajstić information content (AvgIpc) is 2.76. The van der Waals surface area contributed by atoms with E-state index in [2.05, 4.69) is 13.0 Å². The van der Waals surface area contributed by atoms with Crippen molar-refractivity contribution >= 4 is 0 Å². The summed E-state index contributed by atoms with van der Waals surface area (Å²) in [6.07, 6.45) is 4.42. The molecule has 0 atom stereocenters. The number of aromatic hydroxyl groups is 1. The summed E-state index contributed by atoms with van der Waals surface area (Å²) >= 11 is 0. The molecule has 0 bridgehead atoms. The van der Waals surface area contributed by atoms with Crippen LogP contribution in [0.2, 0.25) is 0 Å². The molecule has 2 aromatic rings. The summed E-state index contributed by atoms with van der Waals surface area (Å²) in [5.41, 5.74) is 2.20. The van der Waals surface area contributed by atoms with Crippen LogP contribution in [0.15, 0.2) is 41.0 Å². The van der Waals surface area contributed by atoms with Gasteiger partial charge >= 0.3 is 0 Å². The van der Waals surface area contributed by atoms with Crippen molar-refractivity contribution in [3.05, 3.63) is 53.5 Å². The summed E-state index contributed by atoms with van der Waals surface area (Å²) < 4.78 is 5.31. The van der Waals surface area contributed by atoms with Crippen molar-refractivity contribution in [1.29, 1.82) is 0 Å². The lowest BCUT2D eigenvalue weighted by molar-refractivity contribution is 0.467. The lowest BCUT2D eigenvalue weighted by Crippen LogP contribution is -1.90. The minimum absolute atomic E-state index is 0.394. The highest BCUT2D eigenvalue weighted by atomic mass is 16.3. The molecule has 2 nitrogen and oxygen atoms in total. The quantitative estimate of drug-likeness (QED) is 0.848. The third kappa shape index (κ3) is 2.45. The Kier molecular flexibility index (Phi) is 3.30. The van der Waals surface area contributed by atoms with Crippen LogP contribution in [0.25, 0.3) is 0 Å². The van der Waals surface area contributed by atoms with Crippen molar-refractivity contribution in [2.24, 2.45) is 0 Å². The second-order valence-corrected chi connectivity index (χ2v) is 3.97. The predicted molar refractivity (Wildman–Crippen MR) is 63.6 cm³/mol. The Labute approximate surface area is 95.5 Å². The van der Waals surface area contributed by atoms with Crippen molar-refractivity contribution in [3.8, 4) is 5.75 Å². The van der Waals surface area contributed by atoms with E-state index in [1.807, 2.05) is 18.2 Å². The maximum Gasteiger partial charge on any atom is 0.118 e. The molecule has 1 N–H and O–H groups in total. The molecule has 0 saturated heterocycles. The first-order valence-corrected chi connectivity index (χ1v) is 5.62. The van der Waals surface area contributed by atoms with Crippen molar-refractivity contribution < 1.29 is 9.52 Å². The van der Waals surface area contributed by atoms with Crippen LogP contribution in [0, 0.1) is 0 Å². The number of benzene rings is 1. The molecule has 0 aliphatic carbocycles. The summed E-state index contributed by atoms with van der Waals surface area (Å²) in [5.74, 6) is 1.35. The van der Waals surface area contributed by atoms with Crippen LogP contribution in [0.3, 0.4) is 0 Å². The van der Waals surface area contributed by atoms with E-state index in [0.29, 0.717) is 5.75 Å². The van der Waals surface area contributed by atoms with Gasteiger partial charge in [-0.3, -0.25) is 0 Å². The maximum absolute atomic E-state index is 9.67. The fraction of sp³-hybridized carbons (Fsp3) is 0.286. The molecule has 1 heterocycles. The van der Waals surface area contributed by atoms with Gasteiger partial charge in [0.05, 0.1) is 6.26 Å². The molecule has 0 spiro atoms. The lowest BCUT2D eigenvalue weighted by atomic mass is 10.0. The maximum atomic E-state index is 9.67. The summed E-state index contributed by atoms with van der Waals surface area (Å²) in [7, 11) is 0. The molecule has 0 amide bonds. The summed E-state index contributed by atoms with van der Waals surface area (Å²) in [6.45, 7) is 2.11. The van der Waals surface area contributed by atoms with E-state index in [-0.39, 0.29) is 0 Å². The van der Waals surface area contributed by atoms with E-state index in [1.165, 1.54) is 5.56 Å². The van der Waals surface area contributed by atoms with Gasteiger partial charge in [0.2, 0.25) is 0 Å². The molecule has 2 heteroatoms. The number of phenolic OH excluding ortho intramolecular Hbond substituents is 1. The highest BCUT2D eigenvalue weighted by Crippen LogP contribution is 2.21. The molecule has 0 fully saturated rings. The van der Waals surface area contributed by atoms with Gasteiger partial charge in [-0.2, -0.15) is 0 Å². The second kappa shape index (κ2) is 4.88. The predicted octanol–water partition coefficient (Wildman–Crippen LogP) is 3.53. The van der Waals surface area contributed by atoms with Crippen LogP contribution in [0.4, 0.5) is 0 Å². The molecule has 0 unspecified atom stereocenters. The fourth-order valence-electron chi connectivity index (χ4n) is 1.83. The molecular weight excluding hydrogens is 200 g/mol. The van der Waals surface area contributed by atoms with Gasteiger partial charge in [-0.05, 0) is 35.7 Å². The van der Waals surface area contributed by atoms with Crippen molar-refractivity contribution in [3.63, 3.8) is 0 Å². The average molecular weight is 216 g/mol.